The SMILES string of the molecule is [N-]=[N+]=Nc1ccc(-c2cn3cccnc3n2)cc1. The van der Waals surface area contributed by atoms with Crippen molar-refractivity contribution >= 4 is 11.5 Å². The normalized spacial score (nSPS) is 10.2. The summed E-state index contributed by atoms with van der Waals surface area (Å²) in [5.41, 5.74) is 10.7. The van der Waals surface area contributed by atoms with Gasteiger partial charge in [0, 0.05) is 34.8 Å². The maximum atomic E-state index is 8.34. The Bertz CT molecular complexity index is 704. The molecule has 2 aromatic heterocycles. The van der Waals surface area contributed by atoms with Gasteiger partial charge in [0.15, 0.2) is 0 Å². The lowest BCUT2D eigenvalue weighted by molar-refractivity contribution is 1.11. The zero-order valence-electron chi connectivity index (χ0n) is 9.30. The van der Waals surface area contributed by atoms with E-state index < -0.39 is 0 Å². The second kappa shape index (κ2) is 4.20. The number of benzene rings is 1. The van der Waals surface area contributed by atoms with E-state index >= 15 is 0 Å². The predicted molar refractivity (Wildman–Crippen MR) is 67.2 cm³/mol. The average Bonchev–Trinajstić information content (AvgIpc) is 2.84. The third-order valence-corrected chi connectivity index (χ3v) is 2.56. The Morgan fingerprint density at radius 3 is 2.78 bits per heavy atom. The third-order valence-electron chi connectivity index (χ3n) is 2.56. The molecule has 0 unspecified atom stereocenters. The van der Waals surface area contributed by atoms with Crippen molar-refractivity contribution in [1.29, 1.82) is 0 Å². The van der Waals surface area contributed by atoms with Gasteiger partial charge in [0.05, 0.1) is 5.69 Å². The summed E-state index contributed by atoms with van der Waals surface area (Å²) in [6.07, 6.45) is 5.51. The van der Waals surface area contributed by atoms with Gasteiger partial charge >= 0.3 is 0 Å². The molecule has 2 heterocycles. The van der Waals surface area contributed by atoms with Crippen LogP contribution in [-0.2, 0) is 0 Å². The Morgan fingerprint density at radius 1 is 1.22 bits per heavy atom. The Labute approximate surface area is 102 Å². The molecule has 0 fully saturated rings. The van der Waals surface area contributed by atoms with Gasteiger partial charge in [-0.25, -0.2) is 9.97 Å². The molecule has 0 saturated heterocycles. The maximum Gasteiger partial charge on any atom is 0.234 e. The minimum absolute atomic E-state index is 0.586. The Morgan fingerprint density at radius 2 is 2.06 bits per heavy atom. The predicted octanol–water partition coefficient (Wildman–Crippen LogP) is 3.34. The number of nitrogens with zero attached hydrogens (tertiary/aromatic N) is 6. The van der Waals surface area contributed by atoms with Crippen molar-refractivity contribution in [2.75, 3.05) is 0 Å². The molecule has 0 aliphatic carbocycles. The minimum atomic E-state index is 0.586. The molecule has 6 nitrogen and oxygen atoms in total. The van der Waals surface area contributed by atoms with Crippen LogP contribution in [0.25, 0.3) is 27.5 Å². The zero-order chi connectivity index (χ0) is 12.4. The van der Waals surface area contributed by atoms with Gasteiger partial charge in [-0.15, -0.1) is 0 Å². The summed E-state index contributed by atoms with van der Waals surface area (Å²) in [5.74, 6) is 0.659. The van der Waals surface area contributed by atoms with Crippen molar-refractivity contribution < 1.29 is 0 Å². The van der Waals surface area contributed by atoms with Crippen molar-refractivity contribution in [2.45, 2.75) is 0 Å². The van der Waals surface area contributed by atoms with E-state index in [0.717, 1.165) is 11.3 Å². The fourth-order valence-electron chi connectivity index (χ4n) is 1.72. The lowest BCUT2D eigenvalue weighted by atomic mass is 10.1. The lowest BCUT2D eigenvalue weighted by Gasteiger charge is -1.95. The van der Waals surface area contributed by atoms with Crippen molar-refractivity contribution in [3.8, 4) is 11.3 Å². The number of hydrogen-bond donors (Lipinski definition) is 0. The molecular weight excluding hydrogens is 228 g/mol. The molecule has 0 spiro atoms. The van der Waals surface area contributed by atoms with Crippen molar-refractivity contribution in [3.05, 3.63) is 59.4 Å². The van der Waals surface area contributed by atoms with Gasteiger partial charge in [0.2, 0.25) is 5.78 Å². The summed E-state index contributed by atoms with van der Waals surface area (Å²) in [4.78, 5) is 11.3. The topological polar surface area (TPSA) is 79.0 Å². The first-order chi connectivity index (χ1) is 8.86. The number of imidazole rings is 1. The van der Waals surface area contributed by atoms with Crippen LogP contribution < -0.4 is 0 Å². The Balaban J connectivity index is 2.05. The van der Waals surface area contributed by atoms with Crippen LogP contribution in [0.3, 0.4) is 0 Å². The van der Waals surface area contributed by atoms with Gasteiger partial charge in [-0.3, -0.25) is 4.40 Å². The van der Waals surface area contributed by atoms with Crippen molar-refractivity contribution in [3.63, 3.8) is 0 Å². The standard InChI is InChI=1S/C12H8N6/c13-17-16-10-4-2-9(3-5-10)11-8-18-7-1-6-14-12(18)15-11/h1-8H. The van der Waals surface area contributed by atoms with E-state index in [1.807, 2.05) is 35.0 Å². The lowest BCUT2D eigenvalue weighted by Crippen LogP contribution is -1.82. The van der Waals surface area contributed by atoms with Gasteiger partial charge in [-0.1, -0.05) is 29.4 Å². The molecule has 0 aliphatic rings. The smallest absolute Gasteiger partial charge is 0.234 e. The molecular formula is C12H8N6. The first-order valence-corrected chi connectivity index (χ1v) is 5.32. The van der Waals surface area contributed by atoms with E-state index in [0.29, 0.717) is 11.5 Å². The van der Waals surface area contributed by atoms with Crippen LogP contribution in [0.5, 0.6) is 0 Å². The van der Waals surface area contributed by atoms with E-state index in [1.165, 1.54) is 0 Å². The van der Waals surface area contributed by atoms with Crippen LogP contribution in [0.1, 0.15) is 0 Å². The Kier molecular flexibility index (Phi) is 2.40. The first-order valence-electron chi connectivity index (χ1n) is 5.32. The highest BCUT2D eigenvalue weighted by Crippen LogP contribution is 2.21. The van der Waals surface area contributed by atoms with Gasteiger partial charge in [0.25, 0.3) is 0 Å². The highest BCUT2D eigenvalue weighted by atomic mass is 15.1. The van der Waals surface area contributed by atoms with Crippen LogP contribution in [0, 0.1) is 0 Å². The van der Waals surface area contributed by atoms with Crippen LogP contribution >= 0.6 is 0 Å². The second-order valence-corrected chi connectivity index (χ2v) is 3.69. The van der Waals surface area contributed by atoms with Crippen molar-refractivity contribution in [2.24, 2.45) is 5.11 Å². The molecule has 86 valence electrons. The monoisotopic (exact) mass is 236 g/mol. The molecule has 0 radical (unpaired) electrons. The van der Waals surface area contributed by atoms with Crippen molar-refractivity contribution in [1.82, 2.24) is 14.4 Å². The summed E-state index contributed by atoms with van der Waals surface area (Å²) in [7, 11) is 0. The van der Waals surface area contributed by atoms with E-state index in [2.05, 4.69) is 20.0 Å². The molecule has 3 rings (SSSR count). The fourth-order valence-corrected chi connectivity index (χ4v) is 1.72. The largest absolute Gasteiger partial charge is 0.291 e. The highest BCUT2D eigenvalue weighted by molar-refractivity contribution is 5.63. The number of rotatable bonds is 2. The third kappa shape index (κ3) is 1.77. The van der Waals surface area contributed by atoms with Gasteiger partial charge in [-0.2, -0.15) is 0 Å². The molecule has 6 heteroatoms. The fraction of sp³-hybridized carbons (Fsp3) is 0. The van der Waals surface area contributed by atoms with Crippen LogP contribution in [0.15, 0.2) is 54.0 Å². The summed E-state index contributed by atoms with van der Waals surface area (Å²) in [6.45, 7) is 0. The second-order valence-electron chi connectivity index (χ2n) is 3.69. The average molecular weight is 236 g/mol. The molecule has 0 amide bonds. The van der Waals surface area contributed by atoms with Crippen LogP contribution in [0.4, 0.5) is 5.69 Å². The van der Waals surface area contributed by atoms with E-state index in [1.54, 1.807) is 18.3 Å². The molecule has 18 heavy (non-hydrogen) atoms. The van der Waals surface area contributed by atoms with E-state index in [-0.39, 0.29) is 0 Å². The molecule has 0 atom stereocenters. The summed E-state index contributed by atoms with van der Waals surface area (Å²) in [5, 5.41) is 3.53. The van der Waals surface area contributed by atoms with Crippen LogP contribution in [0.2, 0.25) is 0 Å². The molecule has 0 bridgehead atoms. The summed E-state index contributed by atoms with van der Waals surface area (Å²) >= 11 is 0. The molecule has 0 N–H and O–H groups in total. The number of fused-ring (bicyclic) bond motifs is 1. The highest BCUT2D eigenvalue weighted by Gasteiger charge is 2.04. The number of hydrogen-bond acceptors (Lipinski definition) is 3. The maximum absolute atomic E-state index is 8.34. The van der Waals surface area contributed by atoms with Gasteiger partial charge in [-0.05, 0) is 11.6 Å². The molecule has 0 saturated carbocycles. The first kappa shape index (κ1) is 10.3. The molecule has 1 aromatic carbocycles. The summed E-state index contributed by atoms with van der Waals surface area (Å²) in [6, 6.07) is 9.10. The van der Waals surface area contributed by atoms with Gasteiger partial charge in [0.1, 0.15) is 0 Å². The van der Waals surface area contributed by atoms with E-state index in [4.69, 9.17) is 5.53 Å². The number of aromatic nitrogens is 3. The summed E-state index contributed by atoms with van der Waals surface area (Å²) < 4.78 is 1.86. The quantitative estimate of drug-likeness (QED) is 0.388. The molecule has 0 aliphatic heterocycles. The molecule has 3 aromatic rings. The zero-order valence-corrected chi connectivity index (χ0v) is 9.30. The minimum Gasteiger partial charge on any atom is -0.291 e. The van der Waals surface area contributed by atoms with Crippen LogP contribution in [-0.4, -0.2) is 14.4 Å². The van der Waals surface area contributed by atoms with Gasteiger partial charge < -0.3 is 0 Å². The Hall–Kier alpha value is -2.85. The number of azide groups is 1. The van der Waals surface area contributed by atoms with E-state index in [9.17, 15) is 0 Å².